The third kappa shape index (κ3) is 3.84. The Morgan fingerprint density at radius 3 is 2.52 bits per heavy atom. The number of hydrogen-bond donors (Lipinski definition) is 1. The second-order valence-electron chi connectivity index (χ2n) is 6.43. The first-order chi connectivity index (χ1) is 11.3. The van der Waals surface area contributed by atoms with Crippen molar-refractivity contribution in [3.8, 4) is 0 Å². The minimum Gasteiger partial charge on any atom is -0.372 e. The van der Waals surface area contributed by atoms with Gasteiger partial charge >= 0.3 is 0 Å². The zero-order chi connectivity index (χ0) is 16.1. The van der Waals surface area contributed by atoms with E-state index in [1.165, 1.54) is 24.9 Å². The summed E-state index contributed by atoms with van der Waals surface area (Å²) in [5.41, 5.74) is 2.36. The molecule has 23 heavy (non-hydrogen) atoms. The van der Waals surface area contributed by atoms with Gasteiger partial charge in [0.2, 0.25) is 12.3 Å². The average Bonchev–Trinajstić information content (AvgIpc) is 3.10. The molecular weight excluding hydrogens is 290 g/mol. The van der Waals surface area contributed by atoms with Crippen LogP contribution in [0.1, 0.15) is 37.7 Å². The van der Waals surface area contributed by atoms with Crippen LogP contribution >= 0.6 is 0 Å². The predicted octanol–water partition coefficient (Wildman–Crippen LogP) is 1.91. The molecule has 1 atom stereocenters. The van der Waals surface area contributed by atoms with E-state index in [1.54, 1.807) is 4.90 Å². The molecule has 1 N–H and O–H groups in total. The first-order valence-electron chi connectivity index (χ1n) is 8.60. The summed E-state index contributed by atoms with van der Waals surface area (Å²) in [4.78, 5) is 27.1. The van der Waals surface area contributed by atoms with E-state index in [-0.39, 0.29) is 11.9 Å². The van der Waals surface area contributed by atoms with Crippen LogP contribution in [0.3, 0.4) is 0 Å². The van der Waals surface area contributed by atoms with Gasteiger partial charge in [-0.2, -0.15) is 0 Å². The number of nitrogens with one attached hydrogen (secondary N) is 1. The number of nitrogens with zero attached hydrogens (tertiary/aromatic N) is 2. The number of amides is 2. The maximum atomic E-state index is 12.2. The number of benzene rings is 1. The molecule has 0 radical (unpaired) electrons. The third-order valence-corrected chi connectivity index (χ3v) is 4.86. The van der Waals surface area contributed by atoms with E-state index in [0.29, 0.717) is 13.1 Å². The maximum absolute atomic E-state index is 12.2. The first kappa shape index (κ1) is 15.8. The van der Waals surface area contributed by atoms with Gasteiger partial charge in [0.15, 0.2) is 0 Å². The van der Waals surface area contributed by atoms with E-state index in [2.05, 4.69) is 34.5 Å². The van der Waals surface area contributed by atoms with Crippen LogP contribution < -0.4 is 10.2 Å². The lowest BCUT2D eigenvalue weighted by molar-refractivity contribution is -0.131. The third-order valence-electron chi connectivity index (χ3n) is 4.86. The summed E-state index contributed by atoms with van der Waals surface area (Å²) in [6, 6.07) is 8.15. The molecule has 0 spiro atoms. The Morgan fingerprint density at radius 1 is 1.09 bits per heavy atom. The van der Waals surface area contributed by atoms with E-state index in [4.69, 9.17) is 0 Å². The number of carbonyl (C=O) groups is 2. The lowest BCUT2D eigenvalue weighted by Gasteiger charge is -2.28. The molecule has 2 aliphatic heterocycles. The monoisotopic (exact) mass is 315 g/mol. The van der Waals surface area contributed by atoms with Crippen molar-refractivity contribution in [2.75, 3.05) is 24.5 Å². The summed E-state index contributed by atoms with van der Waals surface area (Å²) in [5.74, 6) is -0.0466. The van der Waals surface area contributed by atoms with Gasteiger partial charge in [-0.25, -0.2) is 0 Å². The zero-order valence-corrected chi connectivity index (χ0v) is 13.5. The molecule has 5 nitrogen and oxygen atoms in total. The second-order valence-corrected chi connectivity index (χ2v) is 6.43. The maximum Gasteiger partial charge on any atom is 0.243 e. The average molecular weight is 315 g/mol. The molecule has 5 heteroatoms. The SMILES string of the molecule is O=CN1CCCC1C(=O)NCc1ccc(N2CCCCC2)cc1. The highest BCUT2D eigenvalue weighted by atomic mass is 16.2. The molecule has 0 saturated carbocycles. The summed E-state index contributed by atoms with van der Waals surface area (Å²) >= 11 is 0. The van der Waals surface area contributed by atoms with Crippen LogP contribution in [0.15, 0.2) is 24.3 Å². The smallest absolute Gasteiger partial charge is 0.243 e. The molecule has 2 aliphatic rings. The van der Waals surface area contributed by atoms with Crippen LogP contribution in [0.5, 0.6) is 0 Å². The molecule has 3 rings (SSSR count). The van der Waals surface area contributed by atoms with E-state index in [9.17, 15) is 9.59 Å². The lowest BCUT2D eigenvalue weighted by Crippen LogP contribution is -2.42. The van der Waals surface area contributed by atoms with Gasteiger partial charge in [-0.15, -0.1) is 0 Å². The summed E-state index contributed by atoms with van der Waals surface area (Å²) < 4.78 is 0. The Labute approximate surface area is 137 Å². The van der Waals surface area contributed by atoms with E-state index >= 15 is 0 Å². The van der Waals surface area contributed by atoms with Crippen LogP contribution in [0.25, 0.3) is 0 Å². The standard InChI is InChI=1S/C18H25N3O2/c22-14-21-12-4-5-17(21)18(23)19-13-15-6-8-16(9-7-15)20-10-2-1-3-11-20/h6-9,14,17H,1-5,10-13H2,(H,19,23). The highest BCUT2D eigenvalue weighted by molar-refractivity contribution is 5.84. The van der Waals surface area contributed by atoms with E-state index in [1.807, 2.05) is 0 Å². The lowest BCUT2D eigenvalue weighted by atomic mass is 10.1. The van der Waals surface area contributed by atoms with Gasteiger partial charge in [0.25, 0.3) is 0 Å². The molecule has 1 aromatic rings. The molecule has 124 valence electrons. The summed E-state index contributed by atoms with van der Waals surface area (Å²) in [6.07, 6.45) is 6.32. The molecule has 1 aromatic carbocycles. The molecule has 2 saturated heterocycles. The number of rotatable bonds is 5. The number of hydrogen-bond acceptors (Lipinski definition) is 3. The van der Waals surface area contributed by atoms with Crippen LogP contribution in [0, 0.1) is 0 Å². The Kier molecular flexibility index (Phi) is 5.16. The van der Waals surface area contributed by atoms with Crippen LogP contribution in [0.2, 0.25) is 0 Å². The Bertz CT molecular complexity index is 538. The second kappa shape index (κ2) is 7.49. The number of carbonyl (C=O) groups excluding carboxylic acids is 2. The molecule has 0 aliphatic carbocycles. The largest absolute Gasteiger partial charge is 0.372 e. The van der Waals surface area contributed by atoms with Crippen molar-refractivity contribution in [3.05, 3.63) is 29.8 Å². The number of anilines is 1. The van der Waals surface area contributed by atoms with Crippen molar-refractivity contribution in [2.45, 2.75) is 44.7 Å². The van der Waals surface area contributed by atoms with Gasteiger partial charge < -0.3 is 15.1 Å². The summed E-state index contributed by atoms with van der Waals surface area (Å²) in [6.45, 7) is 3.48. The van der Waals surface area contributed by atoms with Crippen LogP contribution in [-0.4, -0.2) is 42.9 Å². The minimum absolute atomic E-state index is 0.0466. The minimum atomic E-state index is -0.292. The highest BCUT2D eigenvalue weighted by Crippen LogP contribution is 2.20. The molecule has 1 unspecified atom stereocenters. The summed E-state index contributed by atoms with van der Waals surface area (Å²) in [5, 5.41) is 2.95. The number of piperidine rings is 1. The van der Waals surface area contributed by atoms with Crippen molar-refractivity contribution in [3.63, 3.8) is 0 Å². The quantitative estimate of drug-likeness (QED) is 0.845. The Morgan fingerprint density at radius 2 is 1.83 bits per heavy atom. The normalized spacial score (nSPS) is 21.3. The molecule has 0 bridgehead atoms. The van der Waals surface area contributed by atoms with Gasteiger partial charge in [0.1, 0.15) is 6.04 Å². The fourth-order valence-corrected chi connectivity index (χ4v) is 3.48. The van der Waals surface area contributed by atoms with E-state index in [0.717, 1.165) is 37.9 Å². The highest BCUT2D eigenvalue weighted by Gasteiger charge is 2.29. The Balaban J connectivity index is 1.52. The Hall–Kier alpha value is -2.04. The van der Waals surface area contributed by atoms with Crippen LogP contribution in [0.4, 0.5) is 5.69 Å². The van der Waals surface area contributed by atoms with Crippen molar-refractivity contribution in [2.24, 2.45) is 0 Å². The van der Waals surface area contributed by atoms with Crippen molar-refractivity contribution in [1.82, 2.24) is 10.2 Å². The van der Waals surface area contributed by atoms with Gasteiger partial charge in [-0.1, -0.05) is 12.1 Å². The van der Waals surface area contributed by atoms with Gasteiger partial charge in [-0.3, -0.25) is 9.59 Å². The van der Waals surface area contributed by atoms with E-state index < -0.39 is 0 Å². The molecule has 2 heterocycles. The first-order valence-corrected chi connectivity index (χ1v) is 8.60. The van der Waals surface area contributed by atoms with Crippen molar-refractivity contribution >= 4 is 18.0 Å². The molecular formula is C18H25N3O2. The van der Waals surface area contributed by atoms with Crippen molar-refractivity contribution < 1.29 is 9.59 Å². The predicted molar refractivity (Wildman–Crippen MR) is 90.1 cm³/mol. The molecule has 2 fully saturated rings. The van der Waals surface area contributed by atoms with Gasteiger partial charge in [-0.05, 0) is 49.8 Å². The number of likely N-dealkylation sites (tertiary alicyclic amines) is 1. The molecule has 2 amide bonds. The zero-order valence-electron chi connectivity index (χ0n) is 13.5. The van der Waals surface area contributed by atoms with Gasteiger partial charge in [0, 0.05) is 31.9 Å². The van der Waals surface area contributed by atoms with Gasteiger partial charge in [0.05, 0.1) is 0 Å². The summed E-state index contributed by atoms with van der Waals surface area (Å²) in [7, 11) is 0. The topological polar surface area (TPSA) is 52.7 Å². The fraction of sp³-hybridized carbons (Fsp3) is 0.556. The van der Waals surface area contributed by atoms with Crippen molar-refractivity contribution in [1.29, 1.82) is 0 Å². The fourth-order valence-electron chi connectivity index (χ4n) is 3.48. The van der Waals surface area contributed by atoms with Crippen LogP contribution in [-0.2, 0) is 16.1 Å². The molecule has 0 aromatic heterocycles.